The molecule has 4 heteroatoms. The van der Waals surface area contributed by atoms with Crippen LogP contribution in [0.25, 0.3) is 0 Å². The molecule has 0 saturated heterocycles. The van der Waals surface area contributed by atoms with E-state index in [0.717, 1.165) is 25.7 Å². The van der Waals surface area contributed by atoms with Crippen LogP contribution in [0.3, 0.4) is 0 Å². The van der Waals surface area contributed by atoms with Crippen LogP contribution in [0.4, 0.5) is 0 Å². The first-order chi connectivity index (χ1) is 19.2. The zero-order chi connectivity index (χ0) is 27.1. The molecule has 0 atom stereocenters. The van der Waals surface area contributed by atoms with Gasteiger partial charge in [-0.3, -0.25) is 9.59 Å². The van der Waals surface area contributed by atoms with Crippen LogP contribution in [-0.2, 0) is 35.3 Å². The largest absolute Gasteiger partial charge is 0.342 e. The van der Waals surface area contributed by atoms with Gasteiger partial charge in [0.1, 0.15) is 6.42 Å². The highest BCUT2D eigenvalue weighted by Gasteiger charge is 2.22. The molecule has 39 heavy (non-hydrogen) atoms. The second-order valence-corrected chi connectivity index (χ2v) is 9.88. The maximum Gasteiger partial charge on any atom is 0.232 e. The summed E-state index contributed by atoms with van der Waals surface area (Å²) in [5.74, 6) is -0.201. The third-order valence-corrected chi connectivity index (χ3v) is 7.06. The van der Waals surface area contributed by atoms with E-state index in [9.17, 15) is 9.59 Å². The summed E-state index contributed by atoms with van der Waals surface area (Å²) < 4.78 is 0. The van der Waals surface area contributed by atoms with Crippen LogP contribution >= 0.6 is 0 Å². The standard InChI is InChI=1S/C35H38N2O2/c38-34(36(25-21-30-13-5-1-6-14-30)26-22-31-15-7-2-8-16-31)29-35(39)37(27-23-32-17-9-3-10-18-32)28-24-33-19-11-4-12-20-33/h1-20H,21-29H2. The van der Waals surface area contributed by atoms with Crippen LogP contribution in [0.2, 0.25) is 0 Å². The lowest BCUT2D eigenvalue weighted by Crippen LogP contribution is -2.41. The van der Waals surface area contributed by atoms with Gasteiger partial charge in [0.2, 0.25) is 11.8 Å². The molecule has 0 fully saturated rings. The van der Waals surface area contributed by atoms with Crippen molar-refractivity contribution in [1.82, 2.24) is 9.80 Å². The molecule has 0 aromatic heterocycles. The fraction of sp³-hybridized carbons (Fsp3) is 0.257. The topological polar surface area (TPSA) is 40.6 Å². The van der Waals surface area contributed by atoms with Crippen molar-refractivity contribution in [2.45, 2.75) is 32.1 Å². The Hall–Kier alpha value is -4.18. The van der Waals surface area contributed by atoms with Gasteiger partial charge >= 0.3 is 0 Å². The second kappa shape index (κ2) is 15.3. The molecule has 0 heterocycles. The number of amides is 2. The lowest BCUT2D eigenvalue weighted by Gasteiger charge is -2.26. The van der Waals surface area contributed by atoms with Crippen LogP contribution in [0.1, 0.15) is 28.7 Å². The average Bonchev–Trinajstić information content (AvgIpc) is 2.99. The number of nitrogens with zero attached hydrogens (tertiary/aromatic N) is 2. The summed E-state index contributed by atoms with van der Waals surface area (Å²) in [6, 6.07) is 40.8. The molecule has 4 rings (SSSR count). The van der Waals surface area contributed by atoms with Crippen LogP contribution in [0.15, 0.2) is 121 Å². The summed E-state index contributed by atoms with van der Waals surface area (Å²) in [5, 5.41) is 0. The van der Waals surface area contributed by atoms with Crippen molar-refractivity contribution < 1.29 is 9.59 Å². The van der Waals surface area contributed by atoms with E-state index >= 15 is 0 Å². The van der Waals surface area contributed by atoms with Gasteiger partial charge in [-0.05, 0) is 47.9 Å². The zero-order valence-electron chi connectivity index (χ0n) is 22.6. The van der Waals surface area contributed by atoms with Gasteiger partial charge in [0.25, 0.3) is 0 Å². The predicted octanol–water partition coefficient (Wildman–Crippen LogP) is 6.00. The second-order valence-electron chi connectivity index (χ2n) is 9.88. The monoisotopic (exact) mass is 518 g/mol. The number of hydrogen-bond donors (Lipinski definition) is 0. The Bertz CT molecular complexity index is 1070. The third-order valence-electron chi connectivity index (χ3n) is 7.06. The highest BCUT2D eigenvalue weighted by atomic mass is 16.2. The quantitative estimate of drug-likeness (QED) is 0.192. The molecule has 0 unspecified atom stereocenters. The SMILES string of the molecule is O=C(CC(=O)N(CCc1ccccc1)CCc1ccccc1)N(CCc1ccccc1)CCc1ccccc1. The molecular weight excluding hydrogens is 480 g/mol. The maximum absolute atomic E-state index is 13.5. The molecule has 0 aliphatic heterocycles. The molecule has 0 saturated carbocycles. The average molecular weight is 519 g/mol. The molecule has 4 aromatic carbocycles. The van der Waals surface area contributed by atoms with Gasteiger partial charge in [-0.25, -0.2) is 0 Å². The van der Waals surface area contributed by atoms with Crippen molar-refractivity contribution >= 4 is 11.8 Å². The van der Waals surface area contributed by atoms with Gasteiger partial charge in [-0.2, -0.15) is 0 Å². The molecule has 0 spiro atoms. The van der Waals surface area contributed by atoms with Crippen LogP contribution in [-0.4, -0.2) is 47.8 Å². The van der Waals surface area contributed by atoms with E-state index in [2.05, 4.69) is 48.5 Å². The van der Waals surface area contributed by atoms with E-state index < -0.39 is 0 Å². The first-order valence-electron chi connectivity index (χ1n) is 13.9. The summed E-state index contributed by atoms with van der Waals surface area (Å²) in [7, 11) is 0. The first-order valence-corrected chi connectivity index (χ1v) is 13.9. The van der Waals surface area contributed by atoms with Crippen LogP contribution in [0, 0.1) is 0 Å². The lowest BCUT2D eigenvalue weighted by atomic mass is 10.1. The molecule has 4 nitrogen and oxygen atoms in total. The Morgan fingerprint density at radius 2 is 0.615 bits per heavy atom. The van der Waals surface area contributed by atoms with Crippen LogP contribution in [0.5, 0.6) is 0 Å². The number of carbonyl (C=O) groups excluding carboxylic acids is 2. The number of benzene rings is 4. The Labute approximate surface area is 232 Å². The van der Waals surface area contributed by atoms with E-state index in [-0.39, 0.29) is 18.2 Å². The van der Waals surface area contributed by atoms with Crippen molar-refractivity contribution in [1.29, 1.82) is 0 Å². The van der Waals surface area contributed by atoms with Gasteiger partial charge in [-0.15, -0.1) is 0 Å². The van der Waals surface area contributed by atoms with Crippen LogP contribution < -0.4 is 0 Å². The van der Waals surface area contributed by atoms with Gasteiger partial charge in [0.05, 0.1) is 0 Å². The molecule has 0 N–H and O–H groups in total. The predicted molar refractivity (Wildman–Crippen MR) is 158 cm³/mol. The third kappa shape index (κ3) is 9.57. The van der Waals surface area contributed by atoms with E-state index in [1.807, 2.05) is 82.6 Å². The molecule has 0 radical (unpaired) electrons. The Morgan fingerprint density at radius 1 is 0.385 bits per heavy atom. The molecular formula is C35H38N2O2. The Balaban J connectivity index is 1.41. The summed E-state index contributed by atoms with van der Waals surface area (Å²) in [4.78, 5) is 30.8. The first kappa shape index (κ1) is 27.8. The minimum Gasteiger partial charge on any atom is -0.342 e. The van der Waals surface area contributed by atoms with Gasteiger partial charge < -0.3 is 9.80 Å². The van der Waals surface area contributed by atoms with Crippen molar-refractivity contribution in [3.63, 3.8) is 0 Å². The smallest absolute Gasteiger partial charge is 0.232 e. The van der Waals surface area contributed by atoms with Gasteiger partial charge in [-0.1, -0.05) is 121 Å². The van der Waals surface area contributed by atoms with Gasteiger partial charge in [0.15, 0.2) is 0 Å². The normalized spacial score (nSPS) is 10.7. The molecule has 0 aliphatic rings. The minimum absolute atomic E-state index is 0.101. The van der Waals surface area contributed by atoms with Crippen molar-refractivity contribution in [2.24, 2.45) is 0 Å². The van der Waals surface area contributed by atoms with Crippen molar-refractivity contribution in [3.8, 4) is 0 Å². The summed E-state index contributed by atoms with van der Waals surface area (Å²) >= 11 is 0. The van der Waals surface area contributed by atoms with Crippen molar-refractivity contribution in [2.75, 3.05) is 26.2 Å². The summed E-state index contributed by atoms with van der Waals surface area (Å²) in [6.45, 7) is 2.38. The van der Waals surface area contributed by atoms with E-state index in [4.69, 9.17) is 0 Å². The highest BCUT2D eigenvalue weighted by molar-refractivity contribution is 5.97. The number of hydrogen-bond acceptors (Lipinski definition) is 2. The molecule has 0 aliphatic carbocycles. The highest BCUT2D eigenvalue weighted by Crippen LogP contribution is 2.10. The van der Waals surface area contributed by atoms with Crippen molar-refractivity contribution in [3.05, 3.63) is 144 Å². The fourth-order valence-corrected chi connectivity index (χ4v) is 4.71. The Kier molecular flexibility index (Phi) is 10.9. The molecule has 2 amide bonds. The zero-order valence-corrected chi connectivity index (χ0v) is 22.6. The minimum atomic E-state index is -0.104. The number of carbonyl (C=O) groups is 2. The van der Waals surface area contributed by atoms with E-state index in [0.29, 0.717) is 26.2 Å². The maximum atomic E-state index is 13.5. The Morgan fingerprint density at radius 3 is 0.846 bits per heavy atom. The number of rotatable bonds is 14. The molecule has 4 aromatic rings. The summed E-state index contributed by atoms with van der Waals surface area (Å²) in [5.41, 5.74) is 4.75. The van der Waals surface area contributed by atoms with E-state index in [1.54, 1.807) is 0 Å². The molecule has 0 bridgehead atoms. The summed E-state index contributed by atoms with van der Waals surface area (Å²) in [6.07, 6.45) is 2.96. The van der Waals surface area contributed by atoms with E-state index in [1.165, 1.54) is 22.3 Å². The molecule has 200 valence electrons. The fourth-order valence-electron chi connectivity index (χ4n) is 4.71. The van der Waals surface area contributed by atoms with Gasteiger partial charge in [0, 0.05) is 26.2 Å². The lowest BCUT2D eigenvalue weighted by molar-refractivity contribution is -0.140.